The van der Waals surface area contributed by atoms with Crippen molar-refractivity contribution in [1.29, 1.82) is 0 Å². The van der Waals surface area contributed by atoms with Gasteiger partial charge < -0.3 is 9.30 Å². The summed E-state index contributed by atoms with van der Waals surface area (Å²) in [5.74, 6) is -0.811. The summed E-state index contributed by atoms with van der Waals surface area (Å²) >= 11 is 7.58. The number of methoxy groups -OCH3 is 1. The van der Waals surface area contributed by atoms with Gasteiger partial charge in [0.15, 0.2) is 4.80 Å². The van der Waals surface area contributed by atoms with Crippen molar-refractivity contribution in [2.45, 2.75) is 13.5 Å². The molecule has 0 spiro atoms. The van der Waals surface area contributed by atoms with Crippen LogP contribution in [0.4, 0.5) is 0 Å². The molecular weight excluding hydrogens is 360 g/mol. The number of thiazole rings is 1. The zero-order valence-corrected chi connectivity index (χ0v) is 15.2. The van der Waals surface area contributed by atoms with Gasteiger partial charge in [-0.1, -0.05) is 46.7 Å². The van der Waals surface area contributed by atoms with E-state index in [-0.39, 0.29) is 12.5 Å². The second kappa shape index (κ2) is 7.21. The lowest BCUT2D eigenvalue weighted by Gasteiger charge is -2.04. The Morgan fingerprint density at radius 1 is 1.24 bits per heavy atom. The van der Waals surface area contributed by atoms with Crippen LogP contribution in [0.2, 0.25) is 5.02 Å². The Balaban J connectivity index is 2.17. The van der Waals surface area contributed by atoms with E-state index in [0.717, 1.165) is 10.3 Å². The fraction of sp³-hybridized carbons (Fsp3) is 0.167. The summed E-state index contributed by atoms with van der Waals surface area (Å²) in [4.78, 5) is 28.9. The van der Waals surface area contributed by atoms with Gasteiger partial charge in [0.05, 0.1) is 22.3 Å². The van der Waals surface area contributed by atoms with Gasteiger partial charge in [-0.25, -0.2) is 0 Å². The number of aryl methyl sites for hydroxylation is 1. The molecule has 5 nitrogen and oxygen atoms in total. The van der Waals surface area contributed by atoms with Crippen LogP contribution in [-0.2, 0) is 16.1 Å². The topological polar surface area (TPSA) is 60.7 Å². The smallest absolute Gasteiger partial charge is 0.325 e. The third kappa shape index (κ3) is 3.65. The number of carbonyl (C=O) groups is 2. The van der Waals surface area contributed by atoms with Gasteiger partial charge in [0, 0.05) is 5.56 Å². The van der Waals surface area contributed by atoms with E-state index in [2.05, 4.69) is 4.99 Å². The Kier molecular flexibility index (Phi) is 5.01. The van der Waals surface area contributed by atoms with Crippen molar-refractivity contribution in [1.82, 2.24) is 4.57 Å². The van der Waals surface area contributed by atoms with Gasteiger partial charge in [-0.05, 0) is 31.2 Å². The first-order valence-corrected chi connectivity index (χ1v) is 8.69. The molecule has 0 aliphatic heterocycles. The van der Waals surface area contributed by atoms with Crippen molar-refractivity contribution in [2.24, 2.45) is 4.99 Å². The van der Waals surface area contributed by atoms with Crippen LogP contribution in [0.5, 0.6) is 0 Å². The molecule has 128 valence electrons. The molecule has 7 heteroatoms. The molecule has 0 saturated carbocycles. The zero-order chi connectivity index (χ0) is 18.0. The normalized spacial score (nSPS) is 11.7. The van der Waals surface area contributed by atoms with Crippen molar-refractivity contribution < 1.29 is 14.3 Å². The van der Waals surface area contributed by atoms with E-state index in [9.17, 15) is 9.59 Å². The van der Waals surface area contributed by atoms with E-state index in [0.29, 0.717) is 20.9 Å². The third-order valence-electron chi connectivity index (χ3n) is 3.63. The second-order valence-electron chi connectivity index (χ2n) is 5.42. The van der Waals surface area contributed by atoms with E-state index < -0.39 is 5.97 Å². The molecule has 0 unspecified atom stereocenters. The fourth-order valence-corrected chi connectivity index (χ4v) is 3.83. The molecule has 2 aromatic carbocycles. The molecule has 0 fully saturated rings. The van der Waals surface area contributed by atoms with Crippen LogP contribution < -0.4 is 4.80 Å². The number of benzene rings is 2. The fourth-order valence-electron chi connectivity index (χ4n) is 2.44. The largest absolute Gasteiger partial charge is 0.468 e. The molecule has 0 aliphatic rings. The Hall–Kier alpha value is -2.44. The number of halogens is 1. The highest BCUT2D eigenvalue weighted by molar-refractivity contribution is 7.16. The summed E-state index contributed by atoms with van der Waals surface area (Å²) in [7, 11) is 1.31. The van der Waals surface area contributed by atoms with Gasteiger partial charge in [0.2, 0.25) is 0 Å². The lowest BCUT2D eigenvalue weighted by Crippen LogP contribution is -2.22. The highest BCUT2D eigenvalue weighted by atomic mass is 35.5. The summed E-state index contributed by atoms with van der Waals surface area (Å²) < 4.78 is 7.20. The molecule has 0 radical (unpaired) electrons. The van der Waals surface area contributed by atoms with Crippen molar-refractivity contribution in [2.75, 3.05) is 7.11 Å². The standard InChI is InChI=1S/C18H15ClN2O3S/c1-11-5-3-6-12(9-11)17(23)20-18-21(10-15(22)24-2)16-13(19)7-4-8-14(16)25-18/h3-9H,10H2,1-2H3. The first-order valence-electron chi connectivity index (χ1n) is 7.50. The Labute approximate surface area is 153 Å². The number of hydrogen-bond donors (Lipinski definition) is 0. The minimum atomic E-state index is -0.441. The quantitative estimate of drug-likeness (QED) is 0.658. The van der Waals surface area contributed by atoms with E-state index in [4.69, 9.17) is 16.3 Å². The van der Waals surface area contributed by atoms with Gasteiger partial charge in [-0.15, -0.1) is 0 Å². The molecule has 3 aromatic rings. The zero-order valence-electron chi connectivity index (χ0n) is 13.7. The van der Waals surface area contributed by atoms with E-state index in [1.165, 1.54) is 18.4 Å². The molecule has 1 heterocycles. The van der Waals surface area contributed by atoms with Gasteiger partial charge in [-0.3, -0.25) is 9.59 Å². The van der Waals surface area contributed by atoms with Crippen molar-refractivity contribution in [3.63, 3.8) is 0 Å². The van der Waals surface area contributed by atoms with Crippen LogP contribution in [0, 0.1) is 6.92 Å². The maximum Gasteiger partial charge on any atom is 0.325 e. The summed E-state index contributed by atoms with van der Waals surface area (Å²) in [6.45, 7) is 1.84. The van der Waals surface area contributed by atoms with Crippen LogP contribution in [0.1, 0.15) is 15.9 Å². The molecule has 0 atom stereocenters. The molecule has 3 rings (SSSR count). The average Bonchev–Trinajstić information content (AvgIpc) is 2.93. The van der Waals surface area contributed by atoms with Crippen LogP contribution in [0.15, 0.2) is 47.5 Å². The Morgan fingerprint density at radius 2 is 2.00 bits per heavy atom. The number of carbonyl (C=O) groups excluding carboxylic acids is 2. The summed E-state index contributed by atoms with van der Waals surface area (Å²) in [5.41, 5.74) is 2.13. The minimum absolute atomic E-state index is 0.0693. The van der Waals surface area contributed by atoms with E-state index in [1.54, 1.807) is 22.8 Å². The first-order chi connectivity index (χ1) is 12.0. The van der Waals surface area contributed by atoms with E-state index >= 15 is 0 Å². The van der Waals surface area contributed by atoms with Gasteiger partial charge in [0.1, 0.15) is 6.54 Å². The van der Waals surface area contributed by atoms with Gasteiger partial charge in [0.25, 0.3) is 5.91 Å². The predicted octanol–water partition coefficient (Wildman–Crippen LogP) is 3.58. The van der Waals surface area contributed by atoms with E-state index in [1.807, 2.05) is 31.2 Å². The van der Waals surface area contributed by atoms with Crippen molar-refractivity contribution in [3.05, 3.63) is 63.4 Å². The summed E-state index contributed by atoms with van der Waals surface area (Å²) in [6, 6.07) is 12.6. The molecule has 0 bridgehead atoms. The number of hydrogen-bond acceptors (Lipinski definition) is 4. The Bertz CT molecular complexity index is 1040. The maximum atomic E-state index is 12.5. The SMILES string of the molecule is COC(=O)Cn1c(=NC(=O)c2cccc(C)c2)sc2cccc(Cl)c21. The molecule has 0 aliphatic carbocycles. The van der Waals surface area contributed by atoms with Crippen molar-refractivity contribution >= 4 is 45.0 Å². The van der Waals surface area contributed by atoms with Crippen molar-refractivity contribution in [3.8, 4) is 0 Å². The van der Waals surface area contributed by atoms with Crippen LogP contribution in [0.25, 0.3) is 10.2 Å². The molecular formula is C18H15ClN2O3S. The highest BCUT2D eigenvalue weighted by Gasteiger charge is 2.14. The molecule has 1 aromatic heterocycles. The van der Waals surface area contributed by atoms with Crippen LogP contribution in [-0.4, -0.2) is 23.6 Å². The second-order valence-corrected chi connectivity index (χ2v) is 6.84. The number of aromatic nitrogens is 1. The Morgan fingerprint density at radius 3 is 2.72 bits per heavy atom. The highest BCUT2D eigenvalue weighted by Crippen LogP contribution is 2.25. The predicted molar refractivity (Wildman–Crippen MR) is 97.9 cm³/mol. The molecule has 1 amide bonds. The van der Waals surface area contributed by atoms with Gasteiger partial charge >= 0.3 is 5.97 Å². The number of fused-ring (bicyclic) bond motifs is 1. The number of ether oxygens (including phenoxy) is 1. The number of esters is 1. The minimum Gasteiger partial charge on any atom is -0.468 e. The monoisotopic (exact) mass is 374 g/mol. The van der Waals surface area contributed by atoms with Crippen LogP contribution >= 0.6 is 22.9 Å². The summed E-state index contributed by atoms with van der Waals surface area (Å²) in [6.07, 6.45) is 0. The van der Waals surface area contributed by atoms with Gasteiger partial charge in [-0.2, -0.15) is 4.99 Å². The lowest BCUT2D eigenvalue weighted by atomic mass is 10.1. The number of nitrogens with zero attached hydrogens (tertiary/aromatic N) is 2. The lowest BCUT2D eigenvalue weighted by molar-refractivity contribution is -0.141. The molecule has 0 N–H and O–H groups in total. The average molecular weight is 375 g/mol. The molecule has 25 heavy (non-hydrogen) atoms. The summed E-state index contributed by atoms with van der Waals surface area (Å²) in [5, 5.41) is 0.488. The number of amides is 1. The third-order valence-corrected chi connectivity index (χ3v) is 4.98. The first kappa shape index (κ1) is 17.4. The maximum absolute atomic E-state index is 12.5. The number of para-hydroxylation sites is 1. The van der Waals surface area contributed by atoms with Crippen LogP contribution in [0.3, 0.4) is 0 Å². The number of rotatable bonds is 3. The molecule has 0 saturated heterocycles.